The average molecular weight is 285 g/mol. The van der Waals surface area contributed by atoms with Gasteiger partial charge in [0.2, 0.25) is 0 Å². The Morgan fingerprint density at radius 1 is 1.12 bits per heavy atom. The summed E-state index contributed by atoms with van der Waals surface area (Å²) < 4.78 is 0.759. The van der Waals surface area contributed by atoms with E-state index in [2.05, 4.69) is 15.9 Å². The molecule has 0 aliphatic heterocycles. The third kappa shape index (κ3) is 1.87. The maximum absolute atomic E-state index is 10.0. The normalized spacial score (nSPS) is 17.6. The van der Waals surface area contributed by atoms with Gasteiger partial charge in [-0.25, -0.2) is 0 Å². The largest absolute Gasteiger partial charge is 0.506 e. The molecule has 0 bridgehead atoms. The molecule has 0 spiro atoms. The van der Waals surface area contributed by atoms with E-state index >= 15 is 0 Å². The number of hydrogen-bond donors (Lipinski definition) is 2. The van der Waals surface area contributed by atoms with Crippen molar-refractivity contribution in [1.82, 2.24) is 0 Å². The standard InChI is InChI=1S/C13H17BrO2/c1-7-8(2)12(15)11(14)9(3)10(7)6-13(16)4-5-13/h15-16H,4-6H2,1-3H3. The molecule has 0 saturated heterocycles. The highest BCUT2D eigenvalue weighted by molar-refractivity contribution is 9.10. The molecule has 0 radical (unpaired) electrons. The van der Waals surface area contributed by atoms with Crippen LogP contribution < -0.4 is 0 Å². The lowest BCUT2D eigenvalue weighted by Gasteiger charge is -2.18. The van der Waals surface area contributed by atoms with E-state index in [0.29, 0.717) is 12.2 Å². The van der Waals surface area contributed by atoms with Crippen LogP contribution in [0.2, 0.25) is 0 Å². The highest BCUT2D eigenvalue weighted by Gasteiger charge is 2.41. The molecule has 0 atom stereocenters. The summed E-state index contributed by atoms with van der Waals surface area (Å²) >= 11 is 3.41. The monoisotopic (exact) mass is 284 g/mol. The van der Waals surface area contributed by atoms with Crippen molar-refractivity contribution in [1.29, 1.82) is 0 Å². The van der Waals surface area contributed by atoms with Gasteiger partial charge in [-0.1, -0.05) is 0 Å². The van der Waals surface area contributed by atoms with Crippen molar-refractivity contribution in [2.24, 2.45) is 0 Å². The first kappa shape index (κ1) is 11.9. The van der Waals surface area contributed by atoms with Gasteiger partial charge in [-0.15, -0.1) is 0 Å². The van der Waals surface area contributed by atoms with Gasteiger partial charge < -0.3 is 10.2 Å². The van der Waals surface area contributed by atoms with E-state index in [0.717, 1.165) is 34.0 Å². The molecule has 0 heterocycles. The van der Waals surface area contributed by atoms with Gasteiger partial charge in [0.05, 0.1) is 10.1 Å². The summed E-state index contributed by atoms with van der Waals surface area (Å²) in [5, 5.41) is 19.9. The number of phenols is 1. The van der Waals surface area contributed by atoms with E-state index in [1.54, 1.807) is 0 Å². The lowest BCUT2D eigenvalue weighted by molar-refractivity contribution is 0.150. The smallest absolute Gasteiger partial charge is 0.133 e. The average Bonchev–Trinajstić information content (AvgIpc) is 2.98. The molecular formula is C13H17BrO2. The van der Waals surface area contributed by atoms with E-state index < -0.39 is 5.60 Å². The first-order chi connectivity index (χ1) is 7.36. The molecule has 1 aliphatic rings. The van der Waals surface area contributed by atoms with Crippen LogP contribution >= 0.6 is 15.9 Å². The van der Waals surface area contributed by atoms with Gasteiger partial charge >= 0.3 is 0 Å². The molecule has 2 nitrogen and oxygen atoms in total. The van der Waals surface area contributed by atoms with Crippen molar-refractivity contribution in [3.05, 3.63) is 26.7 Å². The number of hydrogen-bond acceptors (Lipinski definition) is 2. The van der Waals surface area contributed by atoms with Crippen molar-refractivity contribution in [3.8, 4) is 5.75 Å². The Hall–Kier alpha value is -0.540. The minimum Gasteiger partial charge on any atom is -0.506 e. The van der Waals surface area contributed by atoms with Crippen LogP contribution in [0.25, 0.3) is 0 Å². The first-order valence-corrected chi connectivity index (χ1v) is 6.34. The van der Waals surface area contributed by atoms with E-state index in [4.69, 9.17) is 0 Å². The van der Waals surface area contributed by atoms with Gasteiger partial charge in [0.15, 0.2) is 0 Å². The predicted octanol–water partition coefficient (Wildman–Crippen LogP) is 3.15. The molecule has 0 amide bonds. The molecule has 3 heteroatoms. The molecule has 1 aromatic rings. The molecule has 1 saturated carbocycles. The fourth-order valence-electron chi connectivity index (χ4n) is 2.08. The summed E-state index contributed by atoms with van der Waals surface area (Å²) in [6.07, 6.45) is 2.48. The zero-order chi connectivity index (χ0) is 12.1. The van der Waals surface area contributed by atoms with Gasteiger partial charge in [0.1, 0.15) is 5.75 Å². The first-order valence-electron chi connectivity index (χ1n) is 5.55. The number of rotatable bonds is 2. The summed E-state index contributed by atoms with van der Waals surface area (Å²) in [4.78, 5) is 0. The van der Waals surface area contributed by atoms with Crippen LogP contribution in [0.1, 0.15) is 35.1 Å². The van der Waals surface area contributed by atoms with Crippen LogP contribution in [-0.2, 0) is 6.42 Å². The molecular weight excluding hydrogens is 268 g/mol. The van der Waals surface area contributed by atoms with E-state index in [1.165, 1.54) is 5.56 Å². The van der Waals surface area contributed by atoms with Gasteiger partial charge in [-0.3, -0.25) is 0 Å². The molecule has 1 aromatic carbocycles. The second-order valence-corrected chi connectivity index (χ2v) is 5.71. The van der Waals surface area contributed by atoms with Gasteiger partial charge in [-0.05, 0) is 71.8 Å². The van der Waals surface area contributed by atoms with Crippen molar-refractivity contribution >= 4 is 15.9 Å². The van der Waals surface area contributed by atoms with Gasteiger partial charge in [0, 0.05) is 6.42 Å². The van der Waals surface area contributed by atoms with E-state index in [9.17, 15) is 10.2 Å². The Labute approximate surface area is 104 Å². The fourth-order valence-corrected chi connectivity index (χ4v) is 2.61. The molecule has 0 unspecified atom stereocenters. The van der Waals surface area contributed by atoms with Crippen LogP contribution in [-0.4, -0.2) is 15.8 Å². The maximum atomic E-state index is 10.0. The van der Waals surface area contributed by atoms with Crippen molar-refractivity contribution in [2.75, 3.05) is 0 Å². The minimum absolute atomic E-state index is 0.321. The Balaban J connectivity index is 2.51. The lowest BCUT2D eigenvalue weighted by Crippen LogP contribution is -2.13. The number of aliphatic hydroxyl groups is 1. The zero-order valence-corrected chi connectivity index (χ0v) is 11.5. The zero-order valence-electron chi connectivity index (χ0n) is 9.89. The maximum Gasteiger partial charge on any atom is 0.133 e. The summed E-state index contributed by atoms with van der Waals surface area (Å²) in [7, 11) is 0. The molecule has 88 valence electrons. The third-order valence-corrected chi connectivity index (χ3v) is 4.66. The highest BCUT2D eigenvalue weighted by atomic mass is 79.9. The quantitative estimate of drug-likeness (QED) is 0.876. The summed E-state index contributed by atoms with van der Waals surface area (Å²) in [6.45, 7) is 5.90. The van der Waals surface area contributed by atoms with E-state index in [-0.39, 0.29) is 0 Å². The third-order valence-electron chi connectivity index (χ3n) is 3.69. The minimum atomic E-state index is -0.488. The number of phenolic OH excluding ortho intramolecular Hbond substituents is 1. The van der Waals surface area contributed by atoms with Gasteiger partial charge in [-0.2, -0.15) is 0 Å². The second-order valence-electron chi connectivity index (χ2n) is 4.92. The van der Waals surface area contributed by atoms with Crippen LogP contribution in [0.5, 0.6) is 5.75 Å². The molecule has 16 heavy (non-hydrogen) atoms. The second kappa shape index (κ2) is 3.74. The lowest BCUT2D eigenvalue weighted by atomic mass is 9.92. The molecule has 2 rings (SSSR count). The van der Waals surface area contributed by atoms with Crippen molar-refractivity contribution in [3.63, 3.8) is 0 Å². The molecule has 0 aromatic heterocycles. The molecule has 1 aliphatic carbocycles. The van der Waals surface area contributed by atoms with Crippen LogP contribution in [0.3, 0.4) is 0 Å². The number of benzene rings is 1. The fraction of sp³-hybridized carbons (Fsp3) is 0.538. The summed E-state index contributed by atoms with van der Waals surface area (Å²) in [6, 6.07) is 0. The van der Waals surface area contributed by atoms with Gasteiger partial charge in [0.25, 0.3) is 0 Å². The Bertz CT molecular complexity index is 419. The Morgan fingerprint density at radius 3 is 2.19 bits per heavy atom. The van der Waals surface area contributed by atoms with Crippen molar-refractivity contribution in [2.45, 2.75) is 45.6 Å². The van der Waals surface area contributed by atoms with Crippen LogP contribution in [0.4, 0.5) is 0 Å². The van der Waals surface area contributed by atoms with Crippen LogP contribution in [0.15, 0.2) is 4.47 Å². The molecule has 2 N–H and O–H groups in total. The number of aromatic hydroxyl groups is 1. The Morgan fingerprint density at radius 2 is 1.69 bits per heavy atom. The summed E-state index contributed by atoms with van der Waals surface area (Å²) in [5.41, 5.74) is 3.72. The topological polar surface area (TPSA) is 40.5 Å². The highest BCUT2D eigenvalue weighted by Crippen LogP contribution is 2.43. The summed E-state index contributed by atoms with van der Waals surface area (Å²) in [5.74, 6) is 0.321. The Kier molecular flexibility index (Phi) is 2.79. The predicted molar refractivity (Wildman–Crippen MR) is 67.9 cm³/mol. The number of halogens is 1. The van der Waals surface area contributed by atoms with Crippen molar-refractivity contribution < 1.29 is 10.2 Å². The van der Waals surface area contributed by atoms with E-state index in [1.807, 2.05) is 20.8 Å². The van der Waals surface area contributed by atoms with Crippen LogP contribution in [0, 0.1) is 20.8 Å². The SMILES string of the molecule is Cc1c(C)c(CC2(O)CC2)c(C)c(Br)c1O. The molecule has 1 fully saturated rings.